The fourth-order valence-electron chi connectivity index (χ4n) is 2.61. The van der Waals surface area contributed by atoms with Crippen molar-refractivity contribution >= 4 is 11.8 Å². The normalized spacial score (nSPS) is 22.4. The van der Waals surface area contributed by atoms with E-state index in [1.54, 1.807) is 12.2 Å². The summed E-state index contributed by atoms with van der Waals surface area (Å²) in [6.07, 6.45) is 15.8. The van der Waals surface area contributed by atoms with Gasteiger partial charge in [0.25, 0.3) is 0 Å². The maximum atomic E-state index is 11.9. The van der Waals surface area contributed by atoms with Gasteiger partial charge in [-0.1, -0.05) is 56.6 Å². The average molecular weight is 320 g/mol. The first kappa shape index (κ1) is 19.4. The molecule has 3 atom stereocenters. The second kappa shape index (κ2) is 10.9. The monoisotopic (exact) mass is 320 g/mol. The van der Waals surface area contributed by atoms with Gasteiger partial charge in [0, 0.05) is 18.3 Å². The molecule has 23 heavy (non-hydrogen) atoms. The Hall–Kier alpha value is -1.68. The summed E-state index contributed by atoms with van der Waals surface area (Å²) in [6, 6.07) is 0. The topological polar surface area (TPSA) is 74.6 Å². The molecule has 128 valence electrons. The maximum Gasteiger partial charge on any atom is 0.303 e. The number of hydrogen-bond donors (Lipinski definition) is 2. The van der Waals surface area contributed by atoms with Crippen LogP contribution in [-0.2, 0) is 9.59 Å². The lowest BCUT2D eigenvalue weighted by molar-refractivity contribution is -0.137. The zero-order valence-corrected chi connectivity index (χ0v) is 13.9. The second-order valence-corrected chi connectivity index (χ2v) is 6.03. The lowest BCUT2D eigenvalue weighted by atomic mass is 9.92. The number of unbranched alkanes of at least 4 members (excludes halogenated alkanes) is 3. The summed E-state index contributed by atoms with van der Waals surface area (Å²) in [5.74, 6) is -0.965. The molecule has 0 aromatic carbocycles. The lowest BCUT2D eigenvalue weighted by Gasteiger charge is -2.11. The molecule has 0 bridgehead atoms. The Bertz CT molecular complexity index is 462. The molecule has 4 heteroatoms. The van der Waals surface area contributed by atoms with Crippen LogP contribution < -0.4 is 0 Å². The molecule has 2 N–H and O–H groups in total. The van der Waals surface area contributed by atoms with Gasteiger partial charge in [-0.15, -0.1) is 0 Å². The Kier molecular flexibility index (Phi) is 9.22. The van der Waals surface area contributed by atoms with Gasteiger partial charge in [-0.3, -0.25) is 9.59 Å². The number of ketones is 1. The first-order chi connectivity index (χ1) is 11.0. The molecule has 0 saturated heterocycles. The number of carbonyl (C=O) groups excluding carboxylic acids is 1. The van der Waals surface area contributed by atoms with Gasteiger partial charge in [0.15, 0.2) is 5.78 Å². The number of hydrogen-bond acceptors (Lipinski definition) is 3. The highest BCUT2D eigenvalue weighted by molar-refractivity contribution is 5.96. The third-order valence-corrected chi connectivity index (χ3v) is 3.99. The molecule has 0 heterocycles. The van der Waals surface area contributed by atoms with Crippen molar-refractivity contribution in [2.75, 3.05) is 0 Å². The van der Waals surface area contributed by atoms with Crippen molar-refractivity contribution in [2.24, 2.45) is 11.8 Å². The van der Waals surface area contributed by atoms with Crippen LogP contribution >= 0.6 is 0 Å². The molecule has 1 aliphatic carbocycles. The number of carboxylic acids is 1. The highest BCUT2D eigenvalue weighted by Crippen LogP contribution is 2.25. The van der Waals surface area contributed by atoms with E-state index in [-0.39, 0.29) is 24.0 Å². The molecule has 0 amide bonds. The van der Waals surface area contributed by atoms with E-state index in [1.807, 2.05) is 24.3 Å². The predicted molar refractivity (Wildman–Crippen MR) is 91.0 cm³/mol. The van der Waals surface area contributed by atoms with Gasteiger partial charge in [0.2, 0.25) is 0 Å². The zero-order chi connectivity index (χ0) is 17.1. The summed E-state index contributed by atoms with van der Waals surface area (Å²) >= 11 is 0. The Morgan fingerprint density at radius 1 is 1.30 bits per heavy atom. The number of allylic oxidation sites excluding steroid dienone is 5. The minimum atomic E-state index is -0.785. The van der Waals surface area contributed by atoms with Crippen molar-refractivity contribution in [1.29, 1.82) is 0 Å². The van der Waals surface area contributed by atoms with Crippen molar-refractivity contribution < 1.29 is 19.8 Å². The van der Waals surface area contributed by atoms with E-state index in [4.69, 9.17) is 5.11 Å². The summed E-state index contributed by atoms with van der Waals surface area (Å²) in [6.45, 7) is 2.12. The molecule has 0 fully saturated rings. The van der Waals surface area contributed by atoms with Gasteiger partial charge in [0.1, 0.15) is 0 Å². The van der Waals surface area contributed by atoms with Crippen LogP contribution in [0.4, 0.5) is 0 Å². The van der Waals surface area contributed by atoms with E-state index in [0.717, 1.165) is 25.7 Å². The molecule has 1 rings (SSSR count). The summed E-state index contributed by atoms with van der Waals surface area (Å²) in [7, 11) is 0. The van der Waals surface area contributed by atoms with Gasteiger partial charge < -0.3 is 10.2 Å². The molecule has 4 nitrogen and oxygen atoms in total. The van der Waals surface area contributed by atoms with Crippen molar-refractivity contribution in [3.63, 3.8) is 0 Å². The summed E-state index contributed by atoms with van der Waals surface area (Å²) in [5.41, 5.74) is 0. The Morgan fingerprint density at radius 2 is 2.09 bits per heavy atom. The zero-order valence-electron chi connectivity index (χ0n) is 13.9. The second-order valence-electron chi connectivity index (χ2n) is 6.03. The molecule has 1 unspecified atom stereocenters. The predicted octanol–water partition coefficient (Wildman–Crippen LogP) is 3.67. The third-order valence-electron chi connectivity index (χ3n) is 3.99. The number of aliphatic carboxylic acids is 1. The van der Waals surface area contributed by atoms with Crippen LogP contribution in [0.2, 0.25) is 0 Å². The third kappa shape index (κ3) is 7.93. The van der Waals surface area contributed by atoms with Gasteiger partial charge in [-0.05, 0) is 25.3 Å². The Balaban J connectivity index is 2.44. The fourth-order valence-corrected chi connectivity index (χ4v) is 2.61. The Morgan fingerprint density at radius 3 is 2.78 bits per heavy atom. The summed E-state index contributed by atoms with van der Waals surface area (Å²) in [5, 5.41) is 18.5. The maximum absolute atomic E-state index is 11.9. The van der Waals surface area contributed by atoms with E-state index >= 15 is 0 Å². The van der Waals surface area contributed by atoms with Gasteiger partial charge >= 0.3 is 5.97 Å². The highest BCUT2D eigenvalue weighted by atomic mass is 16.4. The highest BCUT2D eigenvalue weighted by Gasteiger charge is 2.25. The van der Waals surface area contributed by atoms with Gasteiger partial charge in [-0.2, -0.15) is 0 Å². The van der Waals surface area contributed by atoms with Crippen molar-refractivity contribution in [3.05, 3.63) is 36.5 Å². The van der Waals surface area contributed by atoms with Crippen LogP contribution in [0.15, 0.2) is 36.5 Å². The van der Waals surface area contributed by atoms with Crippen molar-refractivity contribution in [1.82, 2.24) is 0 Å². The smallest absolute Gasteiger partial charge is 0.303 e. The number of carboxylic acid groups (broad SMARTS) is 1. The fraction of sp³-hybridized carbons (Fsp3) is 0.579. The first-order valence-electron chi connectivity index (χ1n) is 8.51. The number of rotatable bonds is 11. The van der Waals surface area contributed by atoms with E-state index in [9.17, 15) is 14.7 Å². The molecule has 0 saturated carbocycles. The SMILES string of the molecule is CCCCC[C@H](O)/C=C/[C@H]1C(=O)C=CC1/C=C\CCCC(=O)O. The molecular formula is C19H28O4. The summed E-state index contributed by atoms with van der Waals surface area (Å²) in [4.78, 5) is 22.3. The van der Waals surface area contributed by atoms with Crippen LogP contribution in [-0.4, -0.2) is 28.1 Å². The molecule has 1 aliphatic rings. The Labute approximate surface area is 138 Å². The van der Waals surface area contributed by atoms with E-state index in [0.29, 0.717) is 12.8 Å². The van der Waals surface area contributed by atoms with Crippen molar-refractivity contribution in [2.45, 2.75) is 58.0 Å². The van der Waals surface area contributed by atoms with Gasteiger partial charge in [-0.25, -0.2) is 0 Å². The van der Waals surface area contributed by atoms with Crippen molar-refractivity contribution in [3.8, 4) is 0 Å². The van der Waals surface area contributed by atoms with Crippen LogP contribution in [0.1, 0.15) is 51.9 Å². The number of carbonyl (C=O) groups is 2. The molecule has 0 aromatic heterocycles. The van der Waals surface area contributed by atoms with Crippen LogP contribution in [0.5, 0.6) is 0 Å². The number of aliphatic hydroxyl groups excluding tert-OH is 1. The molecule has 0 aliphatic heterocycles. The van der Waals surface area contributed by atoms with E-state index in [1.165, 1.54) is 0 Å². The molecule has 0 aromatic rings. The minimum absolute atomic E-state index is 0.00594. The minimum Gasteiger partial charge on any atom is -0.481 e. The van der Waals surface area contributed by atoms with Gasteiger partial charge in [0.05, 0.1) is 6.10 Å². The first-order valence-corrected chi connectivity index (χ1v) is 8.51. The average Bonchev–Trinajstić information content (AvgIpc) is 2.85. The quantitative estimate of drug-likeness (QED) is 0.450. The summed E-state index contributed by atoms with van der Waals surface area (Å²) < 4.78 is 0. The van der Waals surface area contributed by atoms with Crippen LogP contribution in [0.3, 0.4) is 0 Å². The standard InChI is InChI=1S/C19H28O4/c1-2-3-5-9-16(20)12-13-17-15(11-14-18(17)21)8-6-4-7-10-19(22)23/h6,8,11-17,20H,2-5,7,9-10H2,1H3,(H,22,23)/b8-6-,13-12+/t15?,16-,17+/m0/s1. The van der Waals surface area contributed by atoms with E-state index in [2.05, 4.69) is 6.92 Å². The lowest BCUT2D eigenvalue weighted by Crippen LogP contribution is -2.13. The largest absolute Gasteiger partial charge is 0.481 e. The molecule has 0 radical (unpaired) electrons. The molecular weight excluding hydrogens is 292 g/mol. The van der Waals surface area contributed by atoms with E-state index < -0.39 is 12.1 Å². The number of aliphatic hydroxyl groups is 1. The molecule has 0 spiro atoms. The van der Waals surface area contributed by atoms with Crippen LogP contribution in [0, 0.1) is 11.8 Å². The van der Waals surface area contributed by atoms with Crippen LogP contribution in [0.25, 0.3) is 0 Å².